The Hall–Kier alpha value is -0.620. The number of nitrogens with one attached hydrogen (secondary N) is 1. The zero-order valence-corrected chi connectivity index (χ0v) is 12.7. The lowest BCUT2D eigenvalue weighted by molar-refractivity contribution is 0.0652. The van der Waals surface area contributed by atoms with Gasteiger partial charge in [-0.3, -0.25) is 11.3 Å². The van der Waals surface area contributed by atoms with Crippen molar-refractivity contribution >= 4 is 15.9 Å². The maximum Gasteiger partial charge on any atom is 0.122 e. The Morgan fingerprint density at radius 3 is 2.61 bits per heavy atom. The molecule has 0 radical (unpaired) electrons. The lowest BCUT2D eigenvalue weighted by Crippen LogP contribution is -2.46. The third-order valence-corrected chi connectivity index (χ3v) is 3.54. The second-order valence-electron chi connectivity index (χ2n) is 4.12. The molecule has 0 amide bonds. The third kappa shape index (κ3) is 3.95. The molecule has 0 aromatic heterocycles. The quantitative estimate of drug-likeness (QED) is 0.598. The highest BCUT2D eigenvalue weighted by molar-refractivity contribution is 9.10. The van der Waals surface area contributed by atoms with Crippen molar-refractivity contribution < 1.29 is 9.47 Å². The van der Waals surface area contributed by atoms with Crippen molar-refractivity contribution in [3.05, 3.63) is 28.2 Å². The van der Waals surface area contributed by atoms with Gasteiger partial charge in [0.1, 0.15) is 5.75 Å². The number of benzene rings is 1. The fraction of sp³-hybridized carbons (Fsp3) is 0.538. The number of hydrazine groups is 1. The van der Waals surface area contributed by atoms with Crippen LogP contribution in [-0.2, 0) is 11.2 Å². The van der Waals surface area contributed by atoms with E-state index in [0.29, 0.717) is 0 Å². The molecule has 0 bridgehead atoms. The van der Waals surface area contributed by atoms with E-state index in [4.69, 9.17) is 15.3 Å². The Kier molecular flexibility index (Phi) is 6.63. The highest BCUT2D eigenvalue weighted by atomic mass is 79.9. The highest BCUT2D eigenvalue weighted by Crippen LogP contribution is 2.25. The predicted molar refractivity (Wildman–Crippen MR) is 76.6 cm³/mol. The number of ether oxygens (including phenoxy) is 2. The Balaban J connectivity index is 2.89. The van der Waals surface area contributed by atoms with Crippen LogP contribution in [0.3, 0.4) is 0 Å². The molecular weight excluding hydrogens is 296 g/mol. The zero-order valence-electron chi connectivity index (χ0n) is 11.1. The van der Waals surface area contributed by atoms with E-state index < -0.39 is 0 Å². The van der Waals surface area contributed by atoms with Crippen molar-refractivity contribution in [3.63, 3.8) is 0 Å². The summed E-state index contributed by atoms with van der Waals surface area (Å²) in [7, 11) is 3.38. The van der Waals surface area contributed by atoms with Crippen LogP contribution in [0.1, 0.15) is 18.9 Å². The van der Waals surface area contributed by atoms with Gasteiger partial charge in [-0.2, -0.15) is 0 Å². The minimum atomic E-state index is 0.0585. The monoisotopic (exact) mass is 316 g/mol. The molecule has 0 saturated carbocycles. The summed E-state index contributed by atoms with van der Waals surface area (Å²) in [5.41, 5.74) is 3.93. The molecule has 0 heterocycles. The molecule has 1 aromatic rings. The fourth-order valence-electron chi connectivity index (χ4n) is 2.06. The number of hydrogen-bond acceptors (Lipinski definition) is 4. The molecule has 18 heavy (non-hydrogen) atoms. The summed E-state index contributed by atoms with van der Waals surface area (Å²) in [6.45, 7) is 2.08. The maximum atomic E-state index is 5.62. The first-order chi connectivity index (χ1) is 8.65. The first-order valence-electron chi connectivity index (χ1n) is 5.97. The van der Waals surface area contributed by atoms with Crippen LogP contribution in [0.2, 0.25) is 0 Å². The normalized spacial score (nSPS) is 14.3. The molecule has 0 aliphatic heterocycles. The van der Waals surface area contributed by atoms with Gasteiger partial charge in [0.05, 0.1) is 19.3 Å². The van der Waals surface area contributed by atoms with E-state index in [2.05, 4.69) is 28.3 Å². The van der Waals surface area contributed by atoms with Gasteiger partial charge >= 0.3 is 0 Å². The molecule has 0 aliphatic carbocycles. The zero-order chi connectivity index (χ0) is 13.5. The molecule has 2 unspecified atom stereocenters. The van der Waals surface area contributed by atoms with E-state index >= 15 is 0 Å². The van der Waals surface area contributed by atoms with Gasteiger partial charge in [0.2, 0.25) is 0 Å². The minimum absolute atomic E-state index is 0.0585. The highest BCUT2D eigenvalue weighted by Gasteiger charge is 2.20. The number of methoxy groups -OCH3 is 2. The fourth-order valence-corrected chi connectivity index (χ4v) is 2.47. The molecule has 102 valence electrons. The average molecular weight is 317 g/mol. The van der Waals surface area contributed by atoms with Crippen molar-refractivity contribution in [2.24, 2.45) is 5.84 Å². The molecule has 0 fully saturated rings. The number of nitrogens with two attached hydrogens (primary N) is 1. The van der Waals surface area contributed by atoms with E-state index in [1.807, 2.05) is 18.2 Å². The van der Waals surface area contributed by atoms with Crippen LogP contribution in [-0.4, -0.2) is 26.4 Å². The average Bonchev–Trinajstić information content (AvgIpc) is 2.39. The molecule has 3 N–H and O–H groups in total. The van der Waals surface area contributed by atoms with Crippen molar-refractivity contribution in [2.45, 2.75) is 31.9 Å². The lowest BCUT2D eigenvalue weighted by Gasteiger charge is -2.25. The Bertz CT molecular complexity index is 370. The maximum absolute atomic E-state index is 5.62. The smallest absolute Gasteiger partial charge is 0.122 e. The SMILES string of the molecule is CCC(OC)C(Cc1cc(Br)ccc1OC)NN. The number of hydrogen-bond donors (Lipinski definition) is 2. The first-order valence-corrected chi connectivity index (χ1v) is 6.76. The van der Waals surface area contributed by atoms with Crippen molar-refractivity contribution in [1.29, 1.82) is 0 Å². The Labute approximate surface area is 117 Å². The standard InChI is InChI=1S/C13H21BrN2O2/c1-4-12(17-2)11(16-15)8-9-7-10(14)5-6-13(9)18-3/h5-7,11-12,16H,4,8,15H2,1-3H3. The van der Waals surface area contributed by atoms with Crippen molar-refractivity contribution in [2.75, 3.05) is 14.2 Å². The summed E-state index contributed by atoms with van der Waals surface area (Å²) < 4.78 is 11.8. The summed E-state index contributed by atoms with van der Waals surface area (Å²) in [5, 5.41) is 0. The second kappa shape index (κ2) is 7.74. The van der Waals surface area contributed by atoms with Gasteiger partial charge in [0.15, 0.2) is 0 Å². The molecule has 5 heteroatoms. The second-order valence-corrected chi connectivity index (χ2v) is 5.03. The molecule has 0 saturated heterocycles. The molecule has 4 nitrogen and oxygen atoms in total. The number of rotatable bonds is 7. The van der Waals surface area contributed by atoms with Crippen molar-refractivity contribution in [1.82, 2.24) is 5.43 Å². The van der Waals surface area contributed by atoms with E-state index in [9.17, 15) is 0 Å². The molecular formula is C13H21BrN2O2. The molecule has 0 aliphatic rings. The predicted octanol–water partition coefficient (Wildman–Crippen LogP) is 2.26. The summed E-state index contributed by atoms with van der Waals surface area (Å²) >= 11 is 3.47. The minimum Gasteiger partial charge on any atom is -0.496 e. The van der Waals surface area contributed by atoms with Crippen molar-refractivity contribution in [3.8, 4) is 5.75 Å². The Morgan fingerprint density at radius 1 is 1.39 bits per heavy atom. The molecule has 1 rings (SSSR count). The van der Waals surface area contributed by atoms with Gasteiger partial charge in [-0.1, -0.05) is 22.9 Å². The van der Waals surface area contributed by atoms with E-state index in [0.717, 1.165) is 28.6 Å². The van der Waals surface area contributed by atoms with Crippen LogP contribution in [0.5, 0.6) is 5.75 Å². The van der Waals surface area contributed by atoms with Crippen LogP contribution in [0.4, 0.5) is 0 Å². The third-order valence-electron chi connectivity index (χ3n) is 3.05. The van der Waals surface area contributed by atoms with Crippen LogP contribution in [0.25, 0.3) is 0 Å². The molecule has 1 aromatic carbocycles. The largest absolute Gasteiger partial charge is 0.496 e. The van der Waals surface area contributed by atoms with Gasteiger partial charge in [-0.25, -0.2) is 0 Å². The van der Waals surface area contributed by atoms with Crippen LogP contribution >= 0.6 is 15.9 Å². The van der Waals surface area contributed by atoms with Gasteiger partial charge in [0.25, 0.3) is 0 Å². The molecule has 0 spiro atoms. The summed E-state index contributed by atoms with van der Waals surface area (Å²) in [6.07, 6.45) is 1.74. The topological polar surface area (TPSA) is 56.5 Å². The summed E-state index contributed by atoms with van der Waals surface area (Å²) in [5.74, 6) is 6.48. The van der Waals surface area contributed by atoms with Crippen LogP contribution in [0, 0.1) is 0 Å². The van der Waals surface area contributed by atoms with E-state index in [-0.39, 0.29) is 12.1 Å². The first kappa shape index (κ1) is 15.4. The summed E-state index contributed by atoms with van der Waals surface area (Å²) in [4.78, 5) is 0. The van der Waals surface area contributed by atoms with Crippen LogP contribution < -0.4 is 16.0 Å². The van der Waals surface area contributed by atoms with Gasteiger partial charge in [-0.05, 0) is 36.6 Å². The van der Waals surface area contributed by atoms with Gasteiger partial charge < -0.3 is 9.47 Å². The van der Waals surface area contributed by atoms with Gasteiger partial charge in [-0.15, -0.1) is 0 Å². The number of halogens is 1. The van der Waals surface area contributed by atoms with Gasteiger partial charge in [0, 0.05) is 11.6 Å². The Morgan fingerprint density at radius 2 is 2.11 bits per heavy atom. The van der Waals surface area contributed by atoms with Crippen LogP contribution in [0.15, 0.2) is 22.7 Å². The van der Waals surface area contributed by atoms with E-state index in [1.165, 1.54) is 0 Å². The molecule has 2 atom stereocenters. The lowest BCUT2D eigenvalue weighted by atomic mass is 9.99. The van der Waals surface area contributed by atoms with E-state index in [1.54, 1.807) is 14.2 Å². The summed E-state index contributed by atoms with van der Waals surface area (Å²) in [6, 6.07) is 6.01.